The van der Waals surface area contributed by atoms with Crippen LogP contribution in [0.5, 0.6) is 0 Å². The van der Waals surface area contributed by atoms with Crippen molar-refractivity contribution in [3.63, 3.8) is 0 Å². The molecule has 0 spiro atoms. The lowest BCUT2D eigenvalue weighted by Crippen LogP contribution is -2.55. The molecule has 10 aromatic rings. The second-order valence-electron chi connectivity index (χ2n) is 14.0. The van der Waals surface area contributed by atoms with Crippen LogP contribution >= 0.6 is 11.3 Å². The molecule has 0 bridgehead atoms. The second kappa shape index (κ2) is 11.0. The normalized spacial score (nSPS) is 12.8. The van der Waals surface area contributed by atoms with Crippen molar-refractivity contribution in [2.24, 2.45) is 0 Å². The first-order valence-corrected chi connectivity index (χ1v) is 19.1. The number of para-hydroxylation sites is 4. The predicted octanol–water partition coefficient (Wildman–Crippen LogP) is 11.6. The summed E-state index contributed by atoms with van der Waals surface area (Å²) in [6.07, 6.45) is 0. The molecule has 2 aliphatic heterocycles. The zero-order valence-corrected chi connectivity index (χ0v) is 29.5. The molecule has 0 unspecified atom stereocenters. The summed E-state index contributed by atoms with van der Waals surface area (Å²) in [5, 5.41) is 3.86. The van der Waals surface area contributed by atoms with Gasteiger partial charge in [0.25, 0.3) is 0 Å². The van der Waals surface area contributed by atoms with Crippen molar-refractivity contribution in [1.29, 1.82) is 0 Å². The van der Waals surface area contributed by atoms with Crippen LogP contribution < -0.4 is 15.1 Å². The van der Waals surface area contributed by atoms with Crippen molar-refractivity contribution in [2.75, 3.05) is 4.90 Å². The van der Waals surface area contributed by atoms with E-state index >= 15 is 0 Å². The number of benzene rings is 7. The van der Waals surface area contributed by atoms with Crippen LogP contribution in [0.4, 0.5) is 17.1 Å². The summed E-state index contributed by atoms with van der Waals surface area (Å²) in [4.78, 5) is 3.82. The lowest BCUT2D eigenvalue weighted by Gasteiger charge is -2.39. The predicted molar refractivity (Wildman–Crippen MR) is 226 cm³/mol. The van der Waals surface area contributed by atoms with Gasteiger partial charge < -0.3 is 13.9 Å². The smallest absolute Gasteiger partial charge is 0.343 e. The summed E-state index contributed by atoms with van der Waals surface area (Å²) in [7, 11) is 0. The summed E-state index contributed by atoms with van der Waals surface area (Å²) >= 11 is 1.95. The van der Waals surface area contributed by atoms with Crippen molar-refractivity contribution < 1.29 is 0 Å². The van der Waals surface area contributed by atoms with E-state index < -0.39 is 0 Å². The van der Waals surface area contributed by atoms with E-state index in [1.54, 1.807) is 0 Å². The fraction of sp³-hybridized carbons (Fsp3) is 0. The van der Waals surface area contributed by atoms with Crippen LogP contribution in [0.25, 0.3) is 71.2 Å². The van der Waals surface area contributed by atoms with Gasteiger partial charge >= 0.3 is 6.85 Å². The molecule has 2 aliphatic rings. The standard InChI is InChI=1S/C48H30BN3S/c1-5-17-31(18-6-1)41-38-28-15-27-36-35-26-16-30-40-43(35)49(52(45(36)38)44(41)32-19-7-2-8-20-32)47-46(50(40)33-21-9-3-10-22-33)42-37-25-13-14-29-39(37)51(48(42)53-47)34-23-11-4-12-24-34/h1-30H. The monoisotopic (exact) mass is 691 g/mol. The van der Waals surface area contributed by atoms with Gasteiger partial charge in [-0.05, 0) is 58.6 Å². The number of anilines is 3. The molecular formula is C48H30BN3S. The molecule has 0 atom stereocenters. The number of nitrogens with zero attached hydrogens (tertiary/aromatic N) is 3. The number of thiophene rings is 1. The molecule has 0 fully saturated rings. The van der Waals surface area contributed by atoms with E-state index in [1.165, 1.54) is 98.5 Å². The Bertz CT molecular complexity index is 3050. The molecule has 5 heteroatoms. The molecule has 246 valence electrons. The minimum Gasteiger partial charge on any atom is -0.374 e. The van der Waals surface area contributed by atoms with E-state index in [2.05, 4.69) is 196 Å². The molecule has 7 aromatic carbocycles. The molecule has 0 aliphatic carbocycles. The minimum absolute atomic E-state index is 0.0402. The van der Waals surface area contributed by atoms with E-state index in [9.17, 15) is 0 Å². The third-order valence-electron chi connectivity index (χ3n) is 11.3. The lowest BCUT2D eigenvalue weighted by atomic mass is 9.48. The highest BCUT2D eigenvalue weighted by Crippen LogP contribution is 2.52. The third-order valence-corrected chi connectivity index (χ3v) is 12.5. The van der Waals surface area contributed by atoms with Gasteiger partial charge in [0.1, 0.15) is 4.83 Å². The molecule has 12 rings (SSSR count). The summed E-state index contributed by atoms with van der Waals surface area (Å²) in [5.74, 6) is 0. The molecule has 0 amide bonds. The molecule has 0 N–H and O–H groups in total. The minimum atomic E-state index is -0.0402. The Morgan fingerprint density at radius 1 is 0.491 bits per heavy atom. The van der Waals surface area contributed by atoms with Crippen LogP contribution in [0.15, 0.2) is 182 Å². The zero-order valence-electron chi connectivity index (χ0n) is 28.6. The first-order valence-electron chi connectivity index (χ1n) is 18.2. The summed E-state index contributed by atoms with van der Waals surface area (Å²) in [6, 6.07) is 66.7. The first kappa shape index (κ1) is 29.1. The van der Waals surface area contributed by atoms with Crippen LogP contribution in [-0.4, -0.2) is 15.9 Å². The average Bonchev–Trinajstić information content (AvgIpc) is 3.88. The van der Waals surface area contributed by atoms with Gasteiger partial charge in [0.2, 0.25) is 0 Å². The quantitative estimate of drug-likeness (QED) is 0.168. The van der Waals surface area contributed by atoms with E-state index in [4.69, 9.17) is 0 Å². The van der Waals surface area contributed by atoms with Crippen LogP contribution in [-0.2, 0) is 0 Å². The third kappa shape index (κ3) is 3.89. The fourth-order valence-corrected chi connectivity index (χ4v) is 10.7. The van der Waals surface area contributed by atoms with Gasteiger partial charge in [-0.2, -0.15) is 0 Å². The van der Waals surface area contributed by atoms with E-state index in [0.717, 1.165) is 0 Å². The lowest BCUT2D eigenvalue weighted by molar-refractivity contribution is 1.19. The van der Waals surface area contributed by atoms with Crippen molar-refractivity contribution in [3.05, 3.63) is 182 Å². The highest BCUT2D eigenvalue weighted by Gasteiger charge is 2.46. The van der Waals surface area contributed by atoms with Gasteiger partial charge in [0.15, 0.2) is 0 Å². The molecule has 53 heavy (non-hydrogen) atoms. The molecule has 0 saturated heterocycles. The van der Waals surface area contributed by atoms with Crippen molar-refractivity contribution >= 4 is 77.5 Å². The van der Waals surface area contributed by atoms with Gasteiger partial charge in [-0.3, -0.25) is 0 Å². The molecule has 3 aromatic heterocycles. The second-order valence-corrected chi connectivity index (χ2v) is 15.1. The largest absolute Gasteiger partial charge is 0.374 e. The van der Waals surface area contributed by atoms with Crippen LogP contribution in [0.1, 0.15) is 0 Å². The maximum absolute atomic E-state index is 2.71. The maximum atomic E-state index is 2.71. The summed E-state index contributed by atoms with van der Waals surface area (Å²) in [5.41, 5.74) is 16.3. The zero-order chi connectivity index (χ0) is 34.6. The number of rotatable bonds is 4. The average molecular weight is 692 g/mol. The van der Waals surface area contributed by atoms with Gasteiger partial charge in [0.05, 0.1) is 11.2 Å². The van der Waals surface area contributed by atoms with Gasteiger partial charge in [-0.15, -0.1) is 11.3 Å². The molecule has 3 nitrogen and oxygen atoms in total. The molecule has 0 saturated carbocycles. The Balaban J connectivity index is 1.29. The number of hydrogen-bond acceptors (Lipinski definition) is 2. The Morgan fingerprint density at radius 2 is 1.09 bits per heavy atom. The summed E-state index contributed by atoms with van der Waals surface area (Å²) < 4.78 is 6.55. The Labute approximate surface area is 311 Å². The van der Waals surface area contributed by atoms with Crippen LogP contribution in [0.3, 0.4) is 0 Å². The van der Waals surface area contributed by atoms with Crippen molar-refractivity contribution in [1.82, 2.24) is 9.05 Å². The Hall–Kier alpha value is -6.56. The van der Waals surface area contributed by atoms with E-state index in [1.807, 2.05) is 11.3 Å². The van der Waals surface area contributed by atoms with Crippen LogP contribution in [0.2, 0.25) is 0 Å². The fourth-order valence-electron chi connectivity index (χ4n) is 9.29. The van der Waals surface area contributed by atoms with Gasteiger partial charge in [0, 0.05) is 60.3 Å². The number of aromatic nitrogens is 2. The highest BCUT2D eigenvalue weighted by molar-refractivity contribution is 7.31. The van der Waals surface area contributed by atoms with E-state index in [0.29, 0.717) is 0 Å². The highest BCUT2D eigenvalue weighted by atomic mass is 32.1. The van der Waals surface area contributed by atoms with Crippen molar-refractivity contribution in [3.8, 4) is 39.2 Å². The van der Waals surface area contributed by atoms with Crippen molar-refractivity contribution in [2.45, 2.75) is 0 Å². The topological polar surface area (TPSA) is 13.1 Å². The van der Waals surface area contributed by atoms with Crippen LogP contribution in [0, 0.1) is 0 Å². The van der Waals surface area contributed by atoms with Gasteiger partial charge in [-0.25, -0.2) is 0 Å². The first-order chi connectivity index (χ1) is 26.4. The Kier molecular flexibility index (Phi) is 6.02. The SMILES string of the molecule is c1ccc(-c2c(-c3ccccc3)n3c4c(cccc24)-c2cccc4c2B3c2sc3c(c2N4c2ccccc2)c2ccccc2n3-c2ccccc2)cc1. The maximum Gasteiger partial charge on any atom is 0.343 e. The number of fused-ring (bicyclic) bond motifs is 8. The molecule has 5 heterocycles. The molecule has 0 radical (unpaired) electrons. The number of hydrogen-bond donors (Lipinski definition) is 0. The summed E-state index contributed by atoms with van der Waals surface area (Å²) in [6.45, 7) is -0.0402. The van der Waals surface area contributed by atoms with E-state index in [-0.39, 0.29) is 6.85 Å². The molecular weight excluding hydrogens is 661 g/mol. The van der Waals surface area contributed by atoms with Gasteiger partial charge in [-0.1, -0.05) is 146 Å². The Morgan fingerprint density at radius 3 is 1.85 bits per heavy atom.